The zero-order valence-corrected chi connectivity index (χ0v) is 36.1. The molecule has 2 aromatic heterocycles. The smallest absolute Gasteiger partial charge is 0.412 e. The Morgan fingerprint density at radius 3 is 1.10 bits per heavy atom. The van der Waals surface area contributed by atoms with Crippen LogP contribution in [0.1, 0.15) is 73.4 Å². The van der Waals surface area contributed by atoms with Crippen molar-refractivity contribution in [1.29, 1.82) is 0 Å². The maximum atomic E-state index is 12.3. The molecule has 4 rings (SSSR count). The summed E-state index contributed by atoms with van der Waals surface area (Å²) in [6.45, 7) is 11.0. The number of carbonyl (C=O) groups is 6. The number of hydrogen-bond donors (Lipinski definition) is 6. The molecule has 2 heterocycles. The minimum absolute atomic E-state index is 0. The first-order chi connectivity index (χ1) is 28.5. The van der Waals surface area contributed by atoms with Crippen LogP contribution in [0.25, 0.3) is 0 Å². The lowest BCUT2D eigenvalue weighted by atomic mass is 10.0. The van der Waals surface area contributed by atoms with Crippen molar-refractivity contribution >= 4 is 35.8 Å². The fourth-order valence-electron chi connectivity index (χ4n) is 5.76. The van der Waals surface area contributed by atoms with Crippen molar-refractivity contribution < 1.29 is 59.8 Å². The van der Waals surface area contributed by atoms with Gasteiger partial charge >= 0.3 is 12.2 Å². The molecule has 0 spiro atoms. The Morgan fingerprint density at radius 2 is 0.820 bits per heavy atom. The number of aromatic nitrogens is 2. The summed E-state index contributed by atoms with van der Waals surface area (Å²) >= 11 is 0. The van der Waals surface area contributed by atoms with Crippen molar-refractivity contribution in [2.24, 2.45) is 23.3 Å². The van der Waals surface area contributed by atoms with Crippen molar-refractivity contribution in [2.75, 3.05) is 0 Å². The van der Waals surface area contributed by atoms with E-state index in [0.29, 0.717) is 24.0 Å². The molecule has 0 saturated carbocycles. The average molecular weight is 862 g/mol. The highest BCUT2D eigenvalue weighted by atomic mass is 35.5. The summed E-state index contributed by atoms with van der Waals surface area (Å²) in [5.74, 6) is -2.18. The largest absolute Gasteiger partial charge is 1.00 e. The van der Waals surface area contributed by atoms with Gasteiger partial charge in [0.1, 0.15) is 12.1 Å². The number of pyridine rings is 2. The molecule has 16 nitrogen and oxygen atoms in total. The number of nitrogens with two attached hydrogens (primary N) is 2. The number of benzene rings is 2. The molecule has 2 aromatic carbocycles. The van der Waals surface area contributed by atoms with E-state index in [1.165, 1.54) is 0 Å². The number of carbonyl (C=O) groups excluding carboxylic acids is 6. The number of halogens is 1. The molecule has 0 radical (unpaired) electrons. The summed E-state index contributed by atoms with van der Waals surface area (Å²) in [6.07, 6.45) is 6.83. The topological polar surface area (TPSA) is 229 Å². The summed E-state index contributed by atoms with van der Waals surface area (Å²) in [7, 11) is 0. The van der Waals surface area contributed by atoms with Gasteiger partial charge in [0.25, 0.3) is 25.3 Å². The molecule has 0 aliphatic heterocycles. The predicted octanol–water partition coefficient (Wildman–Crippen LogP) is 0.0614. The SMILES string of the molecule is CC(C)[C@H](NC(=O)c1cc[n+](COC(=O)N[C@@H](C)Cc2ccccc2)cc1)C(N)=O.CC(C)[C@H](NC(=O)c1cc[n+](COC(=O)N[C@@H](C)Cc2ccccc2)cc1)C(N)=O.[Cl-]. The third-order valence-electron chi connectivity index (χ3n) is 9.01. The van der Waals surface area contributed by atoms with Gasteiger partial charge < -0.3 is 54.6 Å². The van der Waals surface area contributed by atoms with E-state index in [4.69, 9.17) is 20.9 Å². The molecule has 4 atom stereocenters. The molecule has 0 unspecified atom stereocenters. The highest BCUT2D eigenvalue weighted by Crippen LogP contribution is 2.07. The van der Waals surface area contributed by atoms with Crippen LogP contribution in [-0.2, 0) is 45.4 Å². The van der Waals surface area contributed by atoms with E-state index in [-0.39, 0.29) is 49.8 Å². The first-order valence-corrected chi connectivity index (χ1v) is 19.6. The van der Waals surface area contributed by atoms with E-state index < -0.39 is 47.9 Å². The van der Waals surface area contributed by atoms with Crippen molar-refractivity contribution in [1.82, 2.24) is 21.3 Å². The lowest BCUT2D eigenvalue weighted by molar-refractivity contribution is -0.727. The molecule has 0 fully saturated rings. The Kier molecular flexibility index (Phi) is 21.4. The number of hydrogen-bond acceptors (Lipinski definition) is 8. The molecule has 61 heavy (non-hydrogen) atoms. The van der Waals surface area contributed by atoms with Crippen molar-refractivity contribution in [3.63, 3.8) is 0 Å². The highest BCUT2D eigenvalue weighted by Gasteiger charge is 2.24. The summed E-state index contributed by atoms with van der Waals surface area (Å²) < 4.78 is 13.7. The van der Waals surface area contributed by atoms with E-state index in [0.717, 1.165) is 11.1 Å². The normalized spacial score (nSPS) is 12.5. The Morgan fingerprint density at radius 1 is 0.508 bits per heavy atom. The molecular formula is C44H58ClN8O8+. The van der Waals surface area contributed by atoms with Crippen LogP contribution in [0.5, 0.6) is 0 Å². The lowest BCUT2D eigenvalue weighted by Gasteiger charge is -2.18. The van der Waals surface area contributed by atoms with Gasteiger partial charge in [0.15, 0.2) is 24.8 Å². The van der Waals surface area contributed by atoms with E-state index >= 15 is 0 Å². The second-order valence-electron chi connectivity index (χ2n) is 15.0. The van der Waals surface area contributed by atoms with Crippen molar-refractivity contribution in [3.05, 3.63) is 132 Å². The molecule has 4 aromatic rings. The van der Waals surface area contributed by atoms with E-state index in [1.54, 1.807) is 85.9 Å². The van der Waals surface area contributed by atoms with Crippen LogP contribution in [0.2, 0.25) is 0 Å². The fourth-order valence-corrected chi connectivity index (χ4v) is 5.76. The fraction of sp³-hybridized carbons (Fsp3) is 0.364. The van der Waals surface area contributed by atoms with Gasteiger partial charge in [-0.25, -0.2) is 9.59 Å². The van der Waals surface area contributed by atoms with E-state index in [1.807, 2.05) is 74.5 Å². The Bertz CT molecular complexity index is 1860. The first kappa shape index (κ1) is 50.6. The minimum atomic E-state index is -0.741. The Hall–Kier alpha value is -6.55. The molecule has 328 valence electrons. The van der Waals surface area contributed by atoms with Gasteiger partial charge in [-0.1, -0.05) is 88.4 Å². The third-order valence-corrected chi connectivity index (χ3v) is 9.01. The molecular weight excluding hydrogens is 804 g/mol. The van der Waals surface area contributed by atoms with Crippen LogP contribution >= 0.6 is 0 Å². The zero-order chi connectivity index (χ0) is 44.2. The van der Waals surface area contributed by atoms with Crippen molar-refractivity contribution in [2.45, 2.75) is 92.0 Å². The summed E-state index contributed by atoms with van der Waals surface area (Å²) in [5.41, 5.74) is 13.6. The van der Waals surface area contributed by atoms with E-state index in [2.05, 4.69) is 21.3 Å². The average Bonchev–Trinajstić information content (AvgIpc) is 3.21. The van der Waals surface area contributed by atoms with Crippen LogP contribution in [0.4, 0.5) is 9.59 Å². The van der Waals surface area contributed by atoms with Gasteiger partial charge in [-0.2, -0.15) is 9.13 Å². The molecule has 0 saturated heterocycles. The summed E-state index contributed by atoms with van der Waals surface area (Å²) in [4.78, 5) is 71.4. The van der Waals surface area contributed by atoms with Crippen LogP contribution in [0.15, 0.2) is 110 Å². The Balaban J connectivity index is 0.000000413. The maximum Gasteiger partial charge on any atom is 0.412 e. The number of nitrogens with zero attached hydrogens (tertiary/aromatic N) is 2. The highest BCUT2D eigenvalue weighted by molar-refractivity contribution is 5.97. The van der Waals surface area contributed by atoms with Crippen LogP contribution in [-0.4, -0.2) is 60.0 Å². The maximum absolute atomic E-state index is 12.3. The number of alkyl carbamates (subject to hydrolysis) is 2. The number of amides is 6. The van der Waals surface area contributed by atoms with Gasteiger partial charge in [0.05, 0.1) is 11.1 Å². The predicted molar refractivity (Wildman–Crippen MR) is 222 cm³/mol. The standard InChI is InChI=1S/2C22H28N4O4.ClH/c2*1-15(2)19(20(23)27)25-21(28)18-9-11-26(12-10-18)14-30-22(29)24-16(3)13-17-7-5-4-6-8-17;/h2*4-12,15-16,19H,13-14H2,1-3H3,(H3-,23,24,25,27,28,29);1H/p+1/t2*16-,19-;/m00./s1. The monoisotopic (exact) mass is 861 g/mol. The lowest BCUT2D eigenvalue weighted by Crippen LogP contribution is -3.00. The second-order valence-corrected chi connectivity index (χ2v) is 15.0. The van der Waals surface area contributed by atoms with Crippen LogP contribution < -0.4 is 54.3 Å². The van der Waals surface area contributed by atoms with Gasteiger partial charge in [-0.05, 0) is 49.7 Å². The van der Waals surface area contributed by atoms with Gasteiger partial charge in [-0.15, -0.1) is 0 Å². The second kappa shape index (κ2) is 25.8. The number of primary amides is 2. The molecule has 0 bridgehead atoms. The minimum Gasteiger partial charge on any atom is -1.00 e. The number of nitrogens with one attached hydrogen (secondary N) is 4. The van der Waals surface area contributed by atoms with Gasteiger partial charge in [0, 0.05) is 36.3 Å². The number of rotatable bonds is 18. The molecule has 0 aliphatic rings. The number of ether oxygens (including phenoxy) is 2. The zero-order valence-electron chi connectivity index (χ0n) is 35.4. The van der Waals surface area contributed by atoms with Gasteiger partial charge in [-0.3, -0.25) is 19.2 Å². The summed E-state index contributed by atoms with van der Waals surface area (Å²) in [6, 6.07) is 24.4. The first-order valence-electron chi connectivity index (χ1n) is 19.6. The molecule has 17 heteroatoms. The van der Waals surface area contributed by atoms with Crippen LogP contribution in [0.3, 0.4) is 0 Å². The van der Waals surface area contributed by atoms with E-state index in [9.17, 15) is 28.8 Å². The van der Waals surface area contributed by atoms with Gasteiger partial charge in [0.2, 0.25) is 11.8 Å². The molecule has 6 amide bonds. The third kappa shape index (κ3) is 18.5. The van der Waals surface area contributed by atoms with Crippen molar-refractivity contribution in [3.8, 4) is 0 Å². The molecule has 0 aliphatic carbocycles. The quantitative estimate of drug-likeness (QED) is 0.0749. The Labute approximate surface area is 363 Å². The van der Waals surface area contributed by atoms with Crippen LogP contribution in [0, 0.1) is 11.8 Å². The summed E-state index contributed by atoms with van der Waals surface area (Å²) in [5, 5.41) is 10.8. The molecule has 8 N–H and O–H groups in total.